The number of halogens is 2. The van der Waals surface area contributed by atoms with E-state index in [2.05, 4.69) is 5.32 Å². The number of imide groups is 1. The molecule has 2 aliphatic rings. The van der Waals surface area contributed by atoms with Crippen LogP contribution in [0.3, 0.4) is 0 Å². The van der Waals surface area contributed by atoms with Gasteiger partial charge in [-0.1, -0.05) is 23.9 Å². The van der Waals surface area contributed by atoms with Gasteiger partial charge in [-0.15, -0.1) is 0 Å². The number of carbonyl (C=O) groups excluding carboxylic acids is 3. The second-order valence-corrected chi connectivity index (χ2v) is 6.93. The summed E-state index contributed by atoms with van der Waals surface area (Å²) in [4.78, 5) is 38.1. The summed E-state index contributed by atoms with van der Waals surface area (Å²) < 4.78 is 24.6. The van der Waals surface area contributed by atoms with Crippen molar-refractivity contribution in [2.45, 2.75) is 23.5 Å². The molecule has 0 aromatic heterocycles. The van der Waals surface area contributed by atoms with Gasteiger partial charge in [0.05, 0.1) is 11.8 Å². The van der Waals surface area contributed by atoms with E-state index in [1.54, 1.807) is 0 Å². The monoisotopic (exact) mass is 366 g/mol. The van der Waals surface area contributed by atoms with Gasteiger partial charge < -0.3 is 5.32 Å². The largest absolute Gasteiger partial charge is 0.325 e. The summed E-state index contributed by atoms with van der Waals surface area (Å²) in [5, 5.41) is 2.57. The molecule has 1 aliphatic heterocycles. The SMILES string of the molecule is O=C(CN1C(=O)C2CC=CCC2C1=O)Nc1ccc(SC(F)F)cc1. The minimum Gasteiger partial charge on any atom is -0.325 e. The van der Waals surface area contributed by atoms with E-state index < -0.39 is 11.7 Å². The maximum Gasteiger partial charge on any atom is 0.288 e. The lowest BCUT2D eigenvalue weighted by atomic mass is 9.85. The normalized spacial score (nSPS) is 22.4. The highest BCUT2D eigenvalue weighted by Gasteiger charge is 2.47. The van der Waals surface area contributed by atoms with Crippen LogP contribution in [0.5, 0.6) is 0 Å². The molecular weight excluding hydrogens is 350 g/mol. The predicted molar refractivity (Wildman–Crippen MR) is 89.0 cm³/mol. The van der Waals surface area contributed by atoms with Crippen molar-refractivity contribution in [2.75, 3.05) is 11.9 Å². The molecule has 1 aromatic rings. The average Bonchev–Trinajstić information content (AvgIpc) is 2.82. The number of nitrogens with one attached hydrogen (secondary N) is 1. The van der Waals surface area contributed by atoms with Gasteiger partial charge in [-0.2, -0.15) is 8.78 Å². The molecule has 8 heteroatoms. The number of anilines is 1. The minimum atomic E-state index is -2.51. The standard InChI is InChI=1S/C17H16F2N2O3S/c18-17(19)25-11-7-5-10(6-8-11)20-14(22)9-21-15(23)12-3-1-2-4-13(12)16(21)24/h1-2,5-8,12-13,17H,3-4,9H2,(H,20,22). The highest BCUT2D eigenvalue weighted by Crippen LogP contribution is 2.34. The molecule has 0 saturated carbocycles. The molecule has 1 fully saturated rings. The number of amides is 3. The molecule has 3 amide bonds. The van der Waals surface area contributed by atoms with E-state index in [4.69, 9.17) is 0 Å². The molecule has 1 N–H and O–H groups in total. The number of carbonyl (C=O) groups is 3. The van der Waals surface area contributed by atoms with Crippen LogP contribution in [0.1, 0.15) is 12.8 Å². The van der Waals surface area contributed by atoms with Crippen molar-refractivity contribution in [3.8, 4) is 0 Å². The van der Waals surface area contributed by atoms with Crippen LogP contribution in [0.25, 0.3) is 0 Å². The zero-order valence-corrected chi connectivity index (χ0v) is 14.0. The Bertz CT molecular complexity index is 695. The topological polar surface area (TPSA) is 66.5 Å². The Labute approximate surface area is 147 Å². The highest BCUT2D eigenvalue weighted by molar-refractivity contribution is 7.99. The van der Waals surface area contributed by atoms with Gasteiger partial charge in [-0.3, -0.25) is 19.3 Å². The van der Waals surface area contributed by atoms with Gasteiger partial charge in [0.25, 0.3) is 5.76 Å². The Balaban J connectivity index is 1.59. The zero-order chi connectivity index (χ0) is 18.0. The van der Waals surface area contributed by atoms with Gasteiger partial charge >= 0.3 is 0 Å². The Hall–Kier alpha value is -2.22. The van der Waals surface area contributed by atoms with Gasteiger partial charge in [0, 0.05) is 10.6 Å². The number of hydrogen-bond acceptors (Lipinski definition) is 4. The van der Waals surface area contributed by atoms with Gasteiger partial charge in [-0.25, -0.2) is 0 Å². The van der Waals surface area contributed by atoms with Crippen LogP contribution in [0.15, 0.2) is 41.3 Å². The average molecular weight is 366 g/mol. The second-order valence-electron chi connectivity index (χ2n) is 5.87. The molecule has 2 atom stereocenters. The Kier molecular flexibility index (Phi) is 5.17. The smallest absolute Gasteiger partial charge is 0.288 e. The van der Waals surface area contributed by atoms with E-state index in [1.165, 1.54) is 24.3 Å². The van der Waals surface area contributed by atoms with Gasteiger partial charge in [-0.05, 0) is 37.1 Å². The third-order valence-corrected chi connectivity index (χ3v) is 4.99. The zero-order valence-electron chi connectivity index (χ0n) is 13.2. The summed E-state index contributed by atoms with van der Waals surface area (Å²) in [6, 6.07) is 5.94. The van der Waals surface area contributed by atoms with Crippen molar-refractivity contribution in [1.82, 2.24) is 4.90 Å². The number of rotatable bonds is 5. The highest BCUT2D eigenvalue weighted by atomic mass is 32.2. The first kappa shape index (κ1) is 17.6. The summed E-state index contributed by atoms with van der Waals surface area (Å²) in [7, 11) is 0. The van der Waals surface area contributed by atoms with E-state index >= 15 is 0 Å². The molecule has 3 rings (SSSR count). The third kappa shape index (κ3) is 3.89. The fourth-order valence-electron chi connectivity index (χ4n) is 3.09. The summed E-state index contributed by atoms with van der Waals surface area (Å²) in [5.74, 6) is -4.35. The maximum absolute atomic E-state index is 12.3. The minimum absolute atomic E-state index is 0.307. The van der Waals surface area contributed by atoms with E-state index in [9.17, 15) is 23.2 Å². The van der Waals surface area contributed by atoms with Crippen LogP contribution in [0, 0.1) is 11.8 Å². The molecule has 1 aromatic carbocycles. The first-order valence-corrected chi connectivity index (χ1v) is 8.68. The van der Waals surface area contributed by atoms with Crippen LogP contribution < -0.4 is 5.32 Å². The van der Waals surface area contributed by atoms with Crippen molar-refractivity contribution in [2.24, 2.45) is 11.8 Å². The fraction of sp³-hybridized carbons (Fsp3) is 0.353. The van der Waals surface area contributed by atoms with Gasteiger partial charge in [0.1, 0.15) is 6.54 Å². The van der Waals surface area contributed by atoms with Crippen LogP contribution in [-0.4, -0.2) is 34.9 Å². The molecule has 1 heterocycles. The number of allylic oxidation sites excluding steroid dienone is 2. The summed E-state index contributed by atoms with van der Waals surface area (Å²) in [6.07, 6.45) is 4.82. The Morgan fingerprint density at radius 2 is 1.68 bits per heavy atom. The number of nitrogens with zero attached hydrogens (tertiary/aromatic N) is 1. The van der Waals surface area contributed by atoms with Crippen molar-refractivity contribution < 1.29 is 23.2 Å². The summed E-state index contributed by atoms with van der Waals surface area (Å²) in [5.41, 5.74) is 0.418. The summed E-state index contributed by atoms with van der Waals surface area (Å²) >= 11 is 0.415. The van der Waals surface area contributed by atoms with Crippen molar-refractivity contribution >= 4 is 35.2 Å². The van der Waals surface area contributed by atoms with Crippen LogP contribution >= 0.6 is 11.8 Å². The third-order valence-electron chi connectivity index (χ3n) is 4.26. The van der Waals surface area contributed by atoms with Crippen molar-refractivity contribution in [3.63, 3.8) is 0 Å². The molecule has 5 nitrogen and oxygen atoms in total. The van der Waals surface area contributed by atoms with Gasteiger partial charge in [0.2, 0.25) is 17.7 Å². The first-order valence-electron chi connectivity index (χ1n) is 7.80. The number of thioether (sulfide) groups is 1. The van der Waals surface area contributed by atoms with Gasteiger partial charge in [0.15, 0.2) is 0 Å². The second kappa shape index (κ2) is 7.35. The van der Waals surface area contributed by atoms with E-state index in [0.29, 0.717) is 35.2 Å². The Morgan fingerprint density at radius 3 is 2.20 bits per heavy atom. The predicted octanol–water partition coefficient (Wildman–Crippen LogP) is 2.89. The Morgan fingerprint density at radius 1 is 1.12 bits per heavy atom. The van der Waals surface area contributed by atoms with E-state index in [-0.39, 0.29) is 30.2 Å². The number of alkyl halides is 2. The lowest BCUT2D eigenvalue weighted by Gasteiger charge is -2.14. The number of likely N-dealkylation sites (tertiary alicyclic amines) is 1. The number of fused-ring (bicyclic) bond motifs is 1. The lowest BCUT2D eigenvalue weighted by Crippen LogP contribution is -2.38. The van der Waals surface area contributed by atoms with Crippen LogP contribution in [-0.2, 0) is 14.4 Å². The number of benzene rings is 1. The molecule has 2 unspecified atom stereocenters. The molecule has 1 saturated heterocycles. The van der Waals surface area contributed by atoms with Crippen LogP contribution in [0.4, 0.5) is 14.5 Å². The molecule has 25 heavy (non-hydrogen) atoms. The molecule has 0 spiro atoms. The fourth-order valence-corrected chi connectivity index (χ4v) is 3.59. The lowest BCUT2D eigenvalue weighted by molar-refractivity contribution is -0.142. The van der Waals surface area contributed by atoms with Crippen LogP contribution in [0.2, 0.25) is 0 Å². The quantitative estimate of drug-likeness (QED) is 0.494. The van der Waals surface area contributed by atoms with E-state index in [0.717, 1.165) is 4.90 Å². The number of hydrogen-bond donors (Lipinski definition) is 1. The van der Waals surface area contributed by atoms with Crippen molar-refractivity contribution in [3.05, 3.63) is 36.4 Å². The molecule has 1 aliphatic carbocycles. The maximum atomic E-state index is 12.3. The molecule has 0 bridgehead atoms. The molecule has 132 valence electrons. The molecule has 0 radical (unpaired) electrons. The molecular formula is C17H16F2N2O3S. The van der Waals surface area contributed by atoms with Crippen molar-refractivity contribution in [1.29, 1.82) is 0 Å². The first-order chi connectivity index (χ1) is 12.0. The van der Waals surface area contributed by atoms with E-state index in [1.807, 2.05) is 12.2 Å². The summed E-state index contributed by atoms with van der Waals surface area (Å²) in [6.45, 7) is -0.335.